The summed E-state index contributed by atoms with van der Waals surface area (Å²) in [7, 11) is -3.30. The molecule has 4 rings (SSSR count). The van der Waals surface area contributed by atoms with Gasteiger partial charge in [-0.25, -0.2) is 8.42 Å². The maximum absolute atomic E-state index is 12.7. The number of alkyl halides is 3. The summed E-state index contributed by atoms with van der Waals surface area (Å²) in [6.07, 6.45) is -1.06. The van der Waals surface area contributed by atoms with Gasteiger partial charge in [-0.2, -0.15) is 13.2 Å². The number of nitrogens with one attached hydrogen (secondary N) is 1. The zero-order chi connectivity index (χ0) is 22.9. The lowest BCUT2D eigenvalue weighted by Gasteiger charge is -2.39. The van der Waals surface area contributed by atoms with E-state index < -0.39 is 22.6 Å². The minimum absolute atomic E-state index is 0.00234. The van der Waals surface area contributed by atoms with E-state index in [4.69, 9.17) is 4.74 Å². The number of benzene rings is 2. The summed E-state index contributed by atoms with van der Waals surface area (Å²) >= 11 is 0. The molecule has 2 aliphatic rings. The van der Waals surface area contributed by atoms with Crippen molar-refractivity contribution in [3.05, 3.63) is 59.7 Å². The maximum atomic E-state index is 12.7. The molecule has 2 aromatic rings. The van der Waals surface area contributed by atoms with E-state index in [1.54, 1.807) is 12.1 Å². The summed E-state index contributed by atoms with van der Waals surface area (Å²) < 4.78 is 67.8. The van der Waals surface area contributed by atoms with E-state index in [2.05, 4.69) is 16.3 Å². The second-order valence-electron chi connectivity index (χ2n) is 8.58. The first-order chi connectivity index (χ1) is 15.1. The number of rotatable bonds is 6. The van der Waals surface area contributed by atoms with E-state index in [-0.39, 0.29) is 23.1 Å². The van der Waals surface area contributed by atoms with Gasteiger partial charge in [0, 0.05) is 18.8 Å². The van der Waals surface area contributed by atoms with Crippen molar-refractivity contribution >= 4 is 9.84 Å². The van der Waals surface area contributed by atoms with Gasteiger partial charge >= 0.3 is 6.18 Å². The summed E-state index contributed by atoms with van der Waals surface area (Å²) in [5.41, 5.74) is 2.23. The SMILES string of the molecule is CS(=O)(=O)c1ccc(O[C@@H]2c3ccccc3C[C@@H]2N2CCC[C@@H](NCC(F)(F)F)C2)cc1. The molecule has 0 spiro atoms. The van der Waals surface area contributed by atoms with E-state index in [0.717, 1.165) is 31.2 Å². The number of fused-ring (bicyclic) bond motifs is 1. The number of nitrogens with zero attached hydrogens (tertiary/aromatic N) is 1. The number of piperidine rings is 1. The molecule has 2 aromatic carbocycles. The minimum Gasteiger partial charge on any atom is -0.484 e. The molecule has 1 fully saturated rings. The van der Waals surface area contributed by atoms with Crippen LogP contribution >= 0.6 is 0 Å². The van der Waals surface area contributed by atoms with Crippen molar-refractivity contribution in [3.63, 3.8) is 0 Å². The van der Waals surface area contributed by atoms with Crippen molar-refractivity contribution < 1.29 is 26.3 Å². The Labute approximate surface area is 186 Å². The summed E-state index contributed by atoms with van der Waals surface area (Å²) in [5.74, 6) is 0.563. The van der Waals surface area contributed by atoms with Crippen LogP contribution in [0.4, 0.5) is 13.2 Å². The molecular formula is C23H27F3N2O3S. The third-order valence-corrected chi connectivity index (χ3v) is 7.30. The lowest BCUT2D eigenvalue weighted by molar-refractivity contribution is -0.127. The van der Waals surface area contributed by atoms with E-state index in [0.29, 0.717) is 18.7 Å². The molecule has 1 saturated heterocycles. The van der Waals surface area contributed by atoms with Crippen LogP contribution in [0.1, 0.15) is 30.1 Å². The Morgan fingerprint density at radius 3 is 2.53 bits per heavy atom. The van der Waals surface area contributed by atoms with Crippen LogP contribution in [0.2, 0.25) is 0 Å². The largest absolute Gasteiger partial charge is 0.484 e. The van der Waals surface area contributed by atoms with Crippen LogP contribution < -0.4 is 10.1 Å². The molecule has 1 heterocycles. The van der Waals surface area contributed by atoms with Gasteiger partial charge in [-0.3, -0.25) is 4.90 Å². The van der Waals surface area contributed by atoms with Gasteiger partial charge < -0.3 is 10.1 Å². The first-order valence-corrected chi connectivity index (χ1v) is 12.6. The summed E-state index contributed by atoms with van der Waals surface area (Å²) in [6, 6.07) is 14.1. The number of ether oxygens (including phenoxy) is 1. The molecule has 5 nitrogen and oxygen atoms in total. The Morgan fingerprint density at radius 2 is 1.84 bits per heavy atom. The molecule has 0 radical (unpaired) electrons. The van der Waals surface area contributed by atoms with Crippen molar-refractivity contribution in [2.75, 3.05) is 25.9 Å². The van der Waals surface area contributed by atoms with Gasteiger partial charge in [-0.05, 0) is 61.2 Å². The van der Waals surface area contributed by atoms with Crippen LogP contribution in [-0.2, 0) is 16.3 Å². The van der Waals surface area contributed by atoms with E-state index in [1.807, 2.05) is 18.2 Å². The van der Waals surface area contributed by atoms with Crippen molar-refractivity contribution in [2.45, 2.75) is 48.5 Å². The zero-order valence-electron chi connectivity index (χ0n) is 17.8. The predicted molar refractivity (Wildman–Crippen MR) is 116 cm³/mol. The fourth-order valence-corrected chi connectivity index (χ4v) is 5.28. The standard InChI is InChI=1S/C23H27F3N2O3S/c1-32(29,30)19-10-8-18(9-11-19)31-22-20-7-3-2-5-16(20)13-21(22)28-12-4-6-17(14-28)27-15-23(24,25)26/h2-3,5,7-11,17,21-22,27H,4,6,12-15H2,1H3/t17-,21+,22-/m1/s1. The molecular weight excluding hydrogens is 441 g/mol. The number of hydrogen-bond donors (Lipinski definition) is 1. The van der Waals surface area contributed by atoms with E-state index >= 15 is 0 Å². The van der Waals surface area contributed by atoms with Crippen LogP contribution in [0.5, 0.6) is 5.75 Å². The average Bonchev–Trinajstić information content (AvgIpc) is 3.10. The van der Waals surface area contributed by atoms with Crippen LogP contribution in [0.3, 0.4) is 0 Å². The van der Waals surface area contributed by atoms with Gasteiger partial charge in [0.25, 0.3) is 0 Å². The topological polar surface area (TPSA) is 58.6 Å². The van der Waals surface area contributed by atoms with Gasteiger partial charge in [0.1, 0.15) is 11.9 Å². The summed E-state index contributed by atoms with van der Waals surface area (Å²) in [4.78, 5) is 2.45. The minimum atomic E-state index is -4.23. The third-order valence-electron chi connectivity index (χ3n) is 6.17. The highest BCUT2D eigenvalue weighted by Crippen LogP contribution is 2.39. The quantitative estimate of drug-likeness (QED) is 0.700. The van der Waals surface area contributed by atoms with Crippen molar-refractivity contribution in [3.8, 4) is 5.75 Å². The molecule has 1 aliphatic carbocycles. The average molecular weight is 469 g/mol. The number of halogens is 3. The molecule has 32 heavy (non-hydrogen) atoms. The Bertz CT molecular complexity index is 1040. The lowest BCUT2D eigenvalue weighted by atomic mass is 10.0. The fraction of sp³-hybridized carbons (Fsp3) is 0.478. The van der Waals surface area contributed by atoms with Crippen LogP contribution in [0.15, 0.2) is 53.4 Å². The lowest BCUT2D eigenvalue weighted by Crippen LogP contribution is -2.52. The molecule has 1 N–H and O–H groups in total. The monoisotopic (exact) mass is 468 g/mol. The highest BCUT2D eigenvalue weighted by Gasteiger charge is 2.40. The Balaban J connectivity index is 1.52. The van der Waals surface area contributed by atoms with Crippen LogP contribution in [-0.4, -0.2) is 57.5 Å². The molecule has 174 valence electrons. The first kappa shape index (κ1) is 23.1. The molecule has 3 atom stereocenters. The predicted octanol–water partition coefficient (Wildman–Crippen LogP) is 3.75. The Kier molecular flexibility index (Phi) is 6.51. The van der Waals surface area contributed by atoms with E-state index in [1.165, 1.54) is 17.7 Å². The number of hydrogen-bond acceptors (Lipinski definition) is 5. The number of sulfone groups is 1. The third kappa shape index (κ3) is 5.44. The Hall–Kier alpha value is -2.10. The van der Waals surface area contributed by atoms with Gasteiger partial charge in [0.05, 0.1) is 17.5 Å². The maximum Gasteiger partial charge on any atom is 0.401 e. The molecule has 0 aromatic heterocycles. The molecule has 0 amide bonds. The van der Waals surface area contributed by atoms with Crippen LogP contribution in [0, 0.1) is 0 Å². The van der Waals surface area contributed by atoms with Crippen molar-refractivity contribution in [2.24, 2.45) is 0 Å². The Morgan fingerprint density at radius 1 is 1.12 bits per heavy atom. The summed E-state index contributed by atoms with van der Waals surface area (Å²) in [6.45, 7) is 0.348. The van der Waals surface area contributed by atoms with E-state index in [9.17, 15) is 21.6 Å². The highest BCUT2D eigenvalue weighted by molar-refractivity contribution is 7.90. The molecule has 0 saturated carbocycles. The second-order valence-corrected chi connectivity index (χ2v) is 10.6. The van der Waals surface area contributed by atoms with Gasteiger partial charge in [-0.1, -0.05) is 24.3 Å². The molecule has 9 heteroatoms. The molecule has 1 aliphatic heterocycles. The molecule has 0 bridgehead atoms. The number of likely N-dealkylation sites (tertiary alicyclic amines) is 1. The van der Waals surface area contributed by atoms with Crippen molar-refractivity contribution in [1.29, 1.82) is 0 Å². The van der Waals surface area contributed by atoms with Crippen molar-refractivity contribution in [1.82, 2.24) is 10.2 Å². The first-order valence-electron chi connectivity index (χ1n) is 10.7. The van der Waals surface area contributed by atoms with Gasteiger partial charge in [0.15, 0.2) is 9.84 Å². The second kappa shape index (κ2) is 9.03. The van der Waals surface area contributed by atoms with Crippen LogP contribution in [0.25, 0.3) is 0 Å². The highest BCUT2D eigenvalue weighted by atomic mass is 32.2. The normalized spacial score (nSPS) is 24.3. The smallest absolute Gasteiger partial charge is 0.401 e. The fourth-order valence-electron chi connectivity index (χ4n) is 4.65. The van der Waals surface area contributed by atoms with Gasteiger partial charge in [-0.15, -0.1) is 0 Å². The zero-order valence-corrected chi connectivity index (χ0v) is 18.6. The molecule has 0 unspecified atom stereocenters. The van der Waals surface area contributed by atoms with Gasteiger partial charge in [0.2, 0.25) is 0 Å². The summed E-state index contributed by atoms with van der Waals surface area (Å²) in [5, 5.41) is 2.66.